The summed E-state index contributed by atoms with van der Waals surface area (Å²) in [5, 5.41) is 25.3. The van der Waals surface area contributed by atoms with E-state index in [1.807, 2.05) is 55.3 Å². The fourth-order valence-electron chi connectivity index (χ4n) is 5.65. The van der Waals surface area contributed by atoms with Gasteiger partial charge in [0.15, 0.2) is 0 Å². The fourth-order valence-corrected chi connectivity index (χ4v) is 5.65. The average molecular weight is 611 g/mol. The Morgan fingerprint density at radius 1 is 1.14 bits per heavy atom. The summed E-state index contributed by atoms with van der Waals surface area (Å²) in [6, 6.07) is 10.3. The summed E-state index contributed by atoms with van der Waals surface area (Å²) < 4.78 is 7.06. The molecule has 236 valence electrons. The summed E-state index contributed by atoms with van der Waals surface area (Å²) >= 11 is 0. The van der Waals surface area contributed by atoms with Crippen molar-refractivity contribution in [1.82, 2.24) is 29.8 Å². The van der Waals surface area contributed by atoms with Crippen molar-refractivity contribution in [1.29, 1.82) is 0 Å². The van der Waals surface area contributed by atoms with Gasteiger partial charge in [-0.15, -0.1) is 0 Å². The van der Waals surface area contributed by atoms with Crippen LogP contribution in [0.15, 0.2) is 48.8 Å². The van der Waals surface area contributed by atoms with Gasteiger partial charge in [0.1, 0.15) is 17.8 Å². The minimum absolute atomic E-state index is 0.0294. The minimum Gasteiger partial charge on any atom is -0.483 e. The Morgan fingerprint density at radius 3 is 2.34 bits per heavy atom. The molecule has 2 atom stereocenters. The first-order valence-electron chi connectivity index (χ1n) is 14.2. The van der Waals surface area contributed by atoms with Crippen molar-refractivity contribution in [3.63, 3.8) is 0 Å². The highest BCUT2D eigenvalue weighted by Gasteiger charge is 2.51. The number of aryl methyl sites for hydroxylation is 1. The van der Waals surface area contributed by atoms with Crippen LogP contribution in [-0.2, 0) is 23.9 Å². The van der Waals surface area contributed by atoms with E-state index in [0.29, 0.717) is 50.3 Å². The first kappa shape index (κ1) is 33.5. The van der Waals surface area contributed by atoms with E-state index in [9.17, 15) is 14.4 Å². The Bertz CT molecular complexity index is 1410. The van der Waals surface area contributed by atoms with Gasteiger partial charge in [0.2, 0.25) is 5.91 Å². The lowest BCUT2D eigenvalue weighted by atomic mass is 9.76. The van der Waals surface area contributed by atoms with Gasteiger partial charge in [-0.25, -0.2) is 4.79 Å². The number of likely N-dealkylation sites (tertiary alicyclic amines) is 2. The minimum atomic E-state index is -0.667. The molecular weight excluding hydrogens is 572 g/mol. The molecule has 3 aromatic rings. The van der Waals surface area contributed by atoms with Crippen LogP contribution in [0.4, 0.5) is 0 Å². The first-order chi connectivity index (χ1) is 21.1. The molecule has 2 amide bonds. The number of hydrogen-bond donors (Lipinski definition) is 3. The van der Waals surface area contributed by atoms with Gasteiger partial charge in [-0.3, -0.25) is 29.0 Å². The summed E-state index contributed by atoms with van der Waals surface area (Å²) in [6.45, 7) is 6.91. The quantitative estimate of drug-likeness (QED) is 0.276. The zero-order valence-corrected chi connectivity index (χ0v) is 25.0. The van der Waals surface area contributed by atoms with Gasteiger partial charge in [0.25, 0.3) is 18.9 Å². The average Bonchev–Trinajstić information content (AvgIpc) is 3.77. The highest BCUT2D eigenvalue weighted by Crippen LogP contribution is 2.44. The Hall–Kier alpha value is -5.01. The van der Waals surface area contributed by atoms with Gasteiger partial charge in [0.05, 0.1) is 18.5 Å². The van der Waals surface area contributed by atoms with E-state index in [0.717, 1.165) is 11.1 Å². The molecule has 3 N–H and O–H groups in total. The summed E-state index contributed by atoms with van der Waals surface area (Å²) in [7, 11) is 0. The lowest BCUT2D eigenvalue weighted by Gasteiger charge is -2.40. The third kappa shape index (κ3) is 7.88. The molecule has 2 unspecified atom stereocenters. The smallest absolute Gasteiger partial charge is 0.328 e. The SMILES string of the molecule is CCOC(=O)C1CC2(CCN(C(=O)C(C)n3cc(C)cn3)CC2)CN1C(=O)c1cc(-c2ccccc2)n[nH]1.O=CO.O=CO. The van der Waals surface area contributed by atoms with Gasteiger partial charge < -0.3 is 24.7 Å². The first-order valence-corrected chi connectivity index (χ1v) is 14.2. The molecule has 44 heavy (non-hydrogen) atoms. The molecule has 4 heterocycles. The number of carboxylic acid groups (broad SMARTS) is 2. The molecule has 0 radical (unpaired) electrons. The normalized spacial score (nSPS) is 17.4. The number of aromatic nitrogens is 4. The van der Waals surface area contributed by atoms with Crippen molar-refractivity contribution in [3.05, 3.63) is 60.0 Å². The van der Waals surface area contributed by atoms with E-state index in [-0.39, 0.29) is 48.8 Å². The molecule has 0 aliphatic carbocycles. The third-order valence-corrected chi connectivity index (χ3v) is 7.83. The standard InChI is InChI=1S/C28H34N6O4.2CH2O2/c1-4-38-27(37)24-15-28(10-12-32(13-11-28)25(35)20(3)34-17-19(2)16-29-34)18-33(24)26(36)23-14-22(30-31-23)21-8-6-5-7-9-21;2*2-1-3/h5-9,14,16-17,20,24H,4,10-13,15,18H2,1-3H3,(H,30,31);2*1H,(H,2,3). The molecule has 14 heteroatoms. The number of ether oxygens (including phenoxy) is 1. The third-order valence-electron chi connectivity index (χ3n) is 7.83. The number of aromatic amines is 1. The molecule has 2 aliphatic rings. The van der Waals surface area contributed by atoms with E-state index in [2.05, 4.69) is 15.3 Å². The van der Waals surface area contributed by atoms with Crippen LogP contribution in [0, 0.1) is 12.3 Å². The second-order valence-electron chi connectivity index (χ2n) is 10.6. The molecule has 2 aromatic heterocycles. The van der Waals surface area contributed by atoms with Crippen LogP contribution < -0.4 is 0 Å². The highest BCUT2D eigenvalue weighted by molar-refractivity contribution is 5.96. The van der Waals surface area contributed by atoms with E-state index < -0.39 is 6.04 Å². The molecule has 14 nitrogen and oxygen atoms in total. The van der Waals surface area contributed by atoms with Crippen LogP contribution in [0.2, 0.25) is 0 Å². The van der Waals surface area contributed by atoms with E-state index >= 15 is 0 Å². The van der Waals surface area contributed by atoms with Gasteiger partial charge in [-0.1, -0.05) is 30.3 Å². The molecule has 0 saturated carbocycles. The van der Waals surface area contributed by atoms with Crippen LogP contribution in [0.25, 0.3) is 11.3 Å². The molecule has 1 aromatic carbocycles. The van der Waals surface area contributed by atoms with Crippen LogP contribution in [0.5, 0.6) is 0 Å². The molecular formula is C30H38N6O8. The number of rotatable bonds is 6. The predicted octanol–water partition coefficient (Wildman–Crippen LogP) is 2.63. The highest BCUT2D eigenvalue weighted by atomic mass is 16.5. The Kier molecular flexibility index (Phi) is 11.8. The molecule has 2 saturated heterocycles. The number of piperidine rings is 1. The van der Waals surface area contributed by atoms with Crippen molar-refractivity contribution in [3.8, 4) is 11.3 Å². The number of esters is 1. The van der Waals surface area contributed by atoms with Gasteiger partial charge in [-0.05, 0) is 57.1 Å². The summed E-state index contributed by atoms with van der Waals surface area (Å²) in [6.07, 6.45) is 5.56. The number of amides is 2. The van der Waals surface area contributed by atoms with Gasteiger partial charge >= 0.3 is 5.97 Å². The Labute approximate surface area is 254 Å². The number of benzene rings is 1. The van der Waals surface area contributed by atoms with E-state index in [1.54, 1.807) is 28.8 Å². The van der Waals surface area contributed by atoms with Crippen molar-refractivity contribution < 1.29 is 38.9 Å². The maximum Gasteiger partial charge on any atom is 0.328 e. The number of H-pyrrole nitrogens is 1. The molecule has 1 spiro atoms. The predicted molar refractivity (Wildman–Crippen MR) is 157 cm³/mol. The van der Waals surface area contributed by atoms with Crippen molar-refractivity contribution in [2.75, 3.05) is 26.2 Å². The molecule has 5 rings (SSSR count). The number of carbonyl (C=O) groups is 5. The topological polar surface area (TPSA) is 188 Å². The van der Waals surface area contributed by atoms with Crippen molar-refractivity contribution in [2.45, 2.75) is 52.1 Å². The second kappa shape index (κ2) is 15.5. The van der Waals surface area contributed by atoms with Gasteiger partial charge in [0, 0.05) is 31.4 Å². The largest absolute Gasteiger partial charge is 0.483 e. The number of carbonyl (C=O) groups excluding carboxylic acids is 3. The van der Waals surface area contributed by atoms with Crippen molar-refractivity contribution >= 4 is 30.7 Å². The summed E-state index contributed by atoms with van der Waals surface area (Å²) in [4.78, 5) is 60.0. The summed E-state index contributed by atoms with van der Waals surface area (Å²) in [5.41, 5.74) is 2.67. The van der Waals surface area contributed by atoms with Crippen LogP contribution in [-0.4, -0.2) is 103 Å². The summed E-state index contributed by atoms with van der Waals surface area (Å²) in [5.74, 6) is -0.626. The van der Waals surface area contributed by atoms with E-state index in [1.165, 1.54) is 0 Å². The lowest BCUT2D eigenvalue weighted by Crippen LogP contribution is -2.46. The maximum atomic E-state index is 13.6. The Balaban J connectivity index is 0.000000816. The fraction of sp³-hybridized carbons (Fsp3) is 0.433. The molecule has 0 bridgehead atoms. The number of hydrogen-bond acceptors (Lipinski definition) is 8. The lowest BCUT2D eigenvalue weighted by molar-refractivity contribution is -0.148. The monoisotopic (exact) mass is 610 g/mol. The van der Waals surface area contributed by atoms with Crippen molar-refractivity contribution in [2.24, 2.45) is 5.41 Å². The number of nitrogens with one attached hydrogen (secondary N) is 1. The van der Waals surface area contributed by atoms with E-state index in [4.69, 9.17) is 24.5 Å². The molecule has 2 fully saturated rings. The zero-order valence-electron chi connectivity index (χ0n) is 25.0. The van der Waals surface area contributed by atoms with Gasteiger partial charge in [-0.2, -0.15) is 10.2 Å². The zero-order chi connectivity index (χ0) is 32.3. The van der Waals surface area contributed by atoms with Crippen LogP contribution >= 0.6 is 0 Å². The molecule has 2 aliphatic heterocycles. The van der Waals surface area contributed by atoms with Crippen LogP contribution in [0.3, 0.4) is 0 Å². The second-order valence-corrected chi connectivity index (χ2v) is 10.6. The maximum absolute atomic E-state index is 13.6. The Morgan fingerprint density at radius 2 is 1.77 bits per heavy atom. The van der Waals surface area contributed by atoms with Crippen LogP contribution in [0.1, 0.15) is 55.2 Å². The number of nitrogens with zero attached hydrogens (tertiary/aromatic N) is 5.